The summed E-state index contributed by atoms with van der Waals surface area (Å²) >= 11 is 0. The van der Waals surface area contributed by atoms with Crippen molar-refractivity contribution in [1.82, 2.24) is 5.48 Å². The zero-order chi connectivity index (χ0) is 13.9. The van der Waals surface area contributed by atoms with Crippen LogP contribution in [0.3, 0.4) is 0 Å². The molecule has 3 rings (SSSR count). The molecule has 0 aromatic heterocycles. The maximum Gasteiger partial charge on any atom is 0.284 e. The number of fused-ring (bicyclic) bond motifs is 1. The fourth-order valence-corrected chi connectivity index (χ4v) is 2.02. The van der Waals surface area contributed by atoms with E-state index in [0.717, 1.165) is 0 Å². The van der Waals surface area contributed by atoms with Gasteiger partial charge in [0.15, 0.2) is 11.5 Å². The summed E-state index contributed by atoms with van der Waals surface area (Å²) in [5.41, 5.74) is 3.74. The van der Waals surface area contributed by atoms with Crippen molar-refractivity contribution in [3.63, 3.8) is 0 Å². The van der Waals surface area contributed by atoms with E-state index >= 15 is 0 Å². The number of rotatable bonds is 2. The van der Waals surface area contributed by atoms with Crippen LogP contribution >= 0.6 is 0 Å². The van der Waals surface area contributed by atoms with Crippen molar-refractivity contribution in [2.45, 2.75) is 0 Å². The molecule has 0 saturated carbocycles. The van der Waals surface area contributed by atoms with Crippen LogP contribution in [0.2, 0.25) is 0 Å². The molecule has 4 nitrogen and oxygen atoms in total. The lowest BCUT2D eigenvalue weighted by atomic mass is 10.00. The molecule has 0 bridgehead atoms. The van der Waals surface area contributed by atoms with E-state index in [1.54, 1.807) is 48.5 Å². The van der Waals surface area contributed by atoms with E-state index in [0.29, 0.717) is 22.4 Å². The van der Waals surface area contributed by atoms with Crippen LogP contribution < -0.4 is 10.3 Å². The maximum absolute atomic E-state index is 12.2. The molecule has 4 heteroatoms. The summed E-state index contributed by atoms with van der Waals surface area (Å²) in [7, 11) is 0. The maximum atomic E-state index is 12.2. The molecule has 0 aliphatic carbocycles. The van der Waals surface area contributed by atoms with Crippen LogP contribution in [0.15, 0.2) is 60.7 Å². The average Bonchev–Trinajstić information content (AvgIpc) is 2.51. The quantitative estimate of drug-likeness (QED) is 0.670. The Labute approximate surface area is 115 Å². The topological polar surface area (TPSA) is 55.4 Å². The number of benzene rings is 2. The molecule has 1 aliphatic rings. The van der Waals surface area contributed by atoms with Crippen LogP contribution in [0.4, 0.5) is 0 Å². The molecule has 0 atom stereocenters. The molecule has 1 heterocycles. The Hall–Kier alpha value is -2.88. The molecule has 2 aromatic rings. The van der Waals surface area contributed by atoms with Gasteiger partial charge in [-0.25, -0.2) is 0 Å². The second-order valence-electron chi connectivity index (χ2n) is 4.32. The molecule has 1 aliphatic heterocycles. The number of hydrogen-bond acceptors (Lipinski definition) is 3. The van der Waals surface area contributed by atoms with Crippen molar-refractivity contribution in [2.75, 3.05) is 0 Å². The Bertz CT molecular complexity index is 705. The van der Waals surface area contributed by atoms with E-state index in [-0.39, 0.29) is 5.78 Å². The first kappa shape index (κ1) is 12.2. The molecular formula is C16H11NO3. The first-order valence-corrected chi connectivity index (χ1v) is 6.13. The molecule has 0 fully saturated rings. The third-order valence-corrected chi connectivity index (χ3v) is 3.01. The van der Waals surface area contributed by atoms with Gasteiger partial charge in [0.05, 0.1) is 5.57 Å². The number of nitrogens with one attached hydrogen (secondary N) is 1. The largest absolute Gasteiger partial charge is 0.379 e. The van der Waals surface area contributed by atoms with Gasteiger partial charge in [-0.3, -0.25) is 9.59 Å². The van der Waals surface area contributed by atoms with Gasteiger partial charge in [0.2, 0.25) is 0 Å². The van der Waals surface area contributed by atoms with Crippen molar-refractivity contribution in [1.29, 1.82) is 0 Å². The van der Waals surface area contributed by atoms with Crippen molar-refractivity contribution < 1.29 is 14.4 Å². The van der Waals surface area contributed by atoms with Gasteiger partial charge in [0.25, 0.3) is 5.91 Å². The van der Waals surface area contributed by atoms with Crippen LogP contribution in [0.1, 0.15) is 15.9 Å². The summed E-state index contributed by atoms with van der Waals surface area (Å²) in [5.74, 6) is -0.111. The van der Waals surface area contributed by atoms with E-state index in [9.17, 15) is 9.59 Å². The van der Waals surface area contributed by atoms with E-state index in [1.165, 1.54) is 6.08 Å². The average molecular weight is 265 g/mol. The zero-order valence-electron chi connectivity index (χ0n) is 10.5. The third-order valence-electron chi connectivity index (χ3n) is 3.01. The molecule has 0 spiro atoms. The minimum Gasteiger partial charge on any atom is -0.379 e. The Morgan fingerprint density at radius 1 is 1.00 bits per heavy atom. The van der Waals surface area contributed by atoms with Crippen LogP contribution in [0, 0.1) is 0 Å². The van der Waals surface area contributed by atoms with E-state index < -0.39 is 5.91 Å². The normalized spacial score (nSPS) is 15.2. The molecule has 98 valence electrons. The van der Waals surface area contributed by atoms with Crippen molar-refractivity contribution in [3.8, 4) is 5.75 Å². The highest BCUT2D eigenvalue weighted by Crippen LogP contribution is 2.29. The Morgan fingerprint density at radius 2 is 1.70 bits per heavy atom. The highest BCUT2D eigenvalue weighted by atomic mass is 16.7. The predicted molar refractivity (Wildman–Crippen MR) is 74.0 cm³/mol. The number of carbonyl (C=O) groups excluding carboxylic acids is 2. The lowest BCUT2D eigenvalue weighted by Crippen LogP contribution is -2.32. The lowest BCUT2D eigenvalue weighted by Gasteiger charge is -2.18. The number of allylic oxidation sites excluding steroid dienone is 1. The van der Waals surface area contributed by atoms with Crippen LogP contribution in [-0.4, -0.2) is 11.7 Å². The fourth-order valence-electron chi connectivity index (χ4n) is 2.02. The molecule has 20 heavy (non-hydrogen) atoms. The van der Waals surface area contributed by atoms with Crippen molar-refractivity contribution in [3.05, 3.63) is 71.8 Å². The van der Waals surface area contributed by atoms with Crippen molar-refractivity contribution in [2.24, 2.45) is 0 Å². The molecule has 1 N–H and O–H groups in total. The lowest BCUT2D eigenvalue weighted by molar-refractivity contribution is -0.122. The molecule has 0 saturated heterocycles. The highest BCUT2D eigenvalue weighted by Gasteiger charge is 2.23. The highest BCUT2D eigenvalue weighted by molar-refractivity contribution is 6.26. The summed E-state index contributed by atoms with van der Waals surface area (Å²) in [4.78, 5) is 29.1. The Kier molecular flexibility index (Phi) is 3.05. The van der Waals surface area contributed by atoms with Crippen LogP contribution in [-0.2, 0) is 4.79 Å². The number of para-hydroxylation sites is 1. The second-order valence-corrected chi connectivity index (χ2v) is 4.32. The smallest absolute Gasteiger partial charge is 0.284 e. The van der Waals surface area contributed by atoms with Gasteiger partial charge in [0.1, 0.15) is 0 Å². The van der Waals surface area contributed by atoms with E-state index in [4.69, 9.17) is 4.84 Å². The van der Waals surface area contributed by atoms with Gasteiger partial charge in [-0.2, -0.15) is 5.48 Å². The number of ketones is 1. The number of amides is 1. The van der Waals surface area contributed by atoms with Gasteiger partial charge in [-0.15, -0.1) is 0 Å². The Morgan fingerprint density at radius 3 is 2.50 bits per heavy atom. The second kappa shape index (κ2) is 5.01. The minimum absolute atomic E-state index is 0.215. The fraction of sp³-hybridized carbons (Fsp3) is 0. The SMILES string of the molecule is O=C1NOc2ccccc2C1=CC(=O)c1ccccc1. The third kappa shape index (κ3) is 2.19. The zero-order valence-corrected chi connectivity index (χ0v) is 10.5. The summed E-state index contributed by atoms with van der Waals surface area (Å²) in [5, 5.41) is 0. The first-order valence-electron chi connectivity index (χ1n) is 6.13. The van der Waals surface area contributed by atoms with Gasteiger partial charge in [-0.1, -0.05) is 48.5 Å². The predicted octanol–water partition coefficient (Wildman–Crippen LogP) is 2.38. The Balaban J connectivity index is 2.03. The van der Waals surface area contributed by atoms with Gasteiger partial charge in [-0.05, 0) is 12.1 Å². The molecular weight excluding hydrogens is 254 g/mol. The van der Waals surface area contributed by atoms with Gasteiger partial charge in [0, 0.05) is 11.1 Å². The molecule has 0 unspecified atom stereocenters. The van der Waals surface area contributed by atoms with Crippen molar-refractivity contribution >= 4 is 17.3 Å². The molecule has 1 amide bonds. The van der Waals surface area contributed by atoms with Gasteiger partial charge < -0.3 is 4.84 Å². The summed E-state index contributed by atoms with van der Waals surface area (Å²) in [6.45, 7) is 0. The number of carbonyl (C=O) groups is 2. The van der Waals surface area contributed by atoms with E-state index in [2.05, 4.69) is 5.48 Å². The first-order chi connectivity index (χ1) is 9.75. The number of hydrogen-bond donors (Lipinski definition) is 1. The summed E-state index contributed by atoms with van der Waals surface area (Å²) in [6, 6.07) is 15.9. The monoisotopic (exact) mass is 265 g/mol. The summed E-state index contributed by atoms with van der Waals surface area (Å²) in [6.07, 6.45) is 1.34. The van der Waals surface area contributed by atoms with Gasteiger partial charge >= 0.3 is 0 Å². The molecule has 2 aromatic carbocycles. The van der Waals surface area contributed by atoms with Crippen LogP contribution in [0.25, 0.3) is 5.57 Å². The van der Waals surface area contributed by atoms with Crippen LogP contribution in [0.5, 0.6) is 5.75 Å². The number of hydroxylamine groups is 1. The molecule has 0 radical (unpaired) electrons. The summed E-state index contributed by atoms with van der Waals surface area (Å²) < 4.78 is 0. The van der Waals surface area contributed by atoms with E-state index in [1.807, 2.05) is 6.07 Å². The minimum atomic E-state index is -0.423. The standard InChI is InChI=1S/C16H11NO3/c18-14(11-6-2-1-3-7-11)10-13-12-8-4-5-9-15(12)20-17-16(13)19/h1-10H,(H,17,19).